The topological polar surface area (TPSA) is 107 Å². The second-order valence-corrected chi connectivity index (χ2v) is 8.75. The quantitative estimate of drug-likeness (QED) is 0.592. The monoisotopic (exact) mass is 463 g/mol. The Balaban J connectivity index is 2.27. The lowest BCUT2D eigenvalue weighted by Gasteiger charge is -2.20. The van der Waals surface area contributed by atoms with Crippen LogP contribution in [0.1, 0.15) is 50.7 Å². The maximum atomic E-state index is 12.9. The highest BCUT2D eigenvalue weighted by Gasteiger charge is 2.25. The summed E-state index contributed by atoms with van der Waals surface area (Å²) in [7, 11) is 2.91. The molecular weight excluding hydrogens is 434 g/mol. The van der Waals surface area contributed by atoms with Gasteiger partial charge >= 0.3 is 5.97 Å². The Morgan fingerprint density at radius 1 is 1.12 bits per heavy atom. The first-order valence-electron chi connectivity index (χ1n) is 9.98. The number of thiazole rings is 1. The molecule has 0 fully saturated rings. The Kier molecular flexibility index (Phi) is 8.20. The Morgan fingerprint density at radius 3 is 2.28 bits per heavy atom. The summed E-state index contributed by atoms with van der Waals surface area (Å²) >= 11 is 1.29. The molecule has 10 heteroatoms. The van der Waals surface area contributed by atoms with Crippen LogP contribution in [-0.2, 0) is 20.9 Å². The number of ether oxygens (including phenoxy) is 3. The minimum Gasteiger partial charge on any atom is -0.493 e. The molecule has 0 saturated carbocycles. The number of carbonyl (C=O) groups excluding carboxylic acids is 3. The summed E-state index contributed by atoms with van der Waals surface area (Å²) in [6, 6.07) is 2.98. The van der Waals surface area contributed by atoms with Gasteiger partial charge in [0, 0.05) is 36.4 Å². The molecule has 1 aromatic carbocycles. The average molecular weight is 464 g/mol. The van der Waals surface area contributed by atoms with Gasteiger partial charge in [0.1, 0.15) is 6.61 Å². The van der Waals surface area contributed by atoms with E-state index in [1.807, 2.05) is 6.92 Å². The van der Waals surface area contributed by atoms with Crippen LogP contribution in [0.3, 0.4) is 0 Å². The number of amides is 2. The molecule has 2 aromatic rings. The van der Waals surface area contributed by atoms with E-state index < -0.39 is 11.4 Å². The van der Waals surface area contributed by atoms with Crippen molar-refractivity contribution in [3.63, 3.8) is 0 Å². The van der Waals surface area contributed by atoms with Crippen molar-refractivity contribution in [3.8, 4) is 11.5 Å². The van der Waals surface area contributed by atoms with Crippen LogP contribution >= 0.6 is 11.3 Å². The number of carbonyl (C=O) groups is 3. The smallest absolute Gasteiger partial charge is 0.340 e. The van der Waals surface area contributed by atoms with Crippen LogP contribution in [0.5, 0.6) is 11.5 Å². The van der Waals surface area contributed by atoms with E-state index in [1.54, 1.807) is 26.2 Å². The van der Waals surface area contributed by atoms with Crippen molar-refractivity contribution in [2.45, 2.75) is 41.2 Å². The van der Waals surface area contributed by atoms with E-state index >= 15 is 0 Å². The zero-order valence-corrected chi connectivity index (χ0v) is 20.2. The van der Waals surface area contributed by atoms with Crippen LogP contribution in [0.2, 0.25) is 0 Å². The van der Waals surface area contributed by atoms with E-state index in [-0.39, 0.29) is 29.7 Å². The minimum atomic E-state index is -0.673. The van der Waals surface area contributed by atoms with Gasteiger partial charge in [-0.1, -0.05) is 20.8 Å². The molecule has 0 bridgehead atoms. The molecule has 0 unspecified atom stereocenters. The molecule has 0 aliphatic heterocycles. The standard InChI is InChI=1S/C22H29N3O6S/c1-8-25(13(2)26)21-23-14(12-32-21)11-31-19(27)15-9-17(29-6)18(30-7)10-16(15)24-20(28)22(3,4)5/h9-10,12H,8,11H2,1-7H3,(H,24,28). The van der Waals surface area contributed by atoms with Crippen molar-refractivity contribution < 1.29 is 28.6 Å². The predicted molar refractivity (Wildman–Crippen MR) is 123 cm³/mol. The maximum Gasteiger partial charge on any atom is 0.340 e. The molecule has 2 amide bonds. The molecule has 1 aromatic heterocycles. The number of aromatic nitrogens is 1. The Hall–Kier alpha value is -3.14. The Morgan fingerprint density at radius 2 is 1.75 bits per heavy atom. The molecular formula is C22H29N3O6S. The van der Waals surface area contributed by atoms with Gasteiger partial charge in [0.05, 0.1) is 31.2 Å². The van der Waals surface area contributed by atoms with Gasteiger partial charge in [0.2, 0.25) is 11.8 Å². The lowest BCUT2D eigenvalue weighted by atomic mass is 9.95. The third kappa shape index (κ3) is 5.97. The molecule has 0 aliphatic rings. The largest absolute Gasteiger partial charge is 0.493 e. The summed E-state index contributed by atoms with van der Waals surface area (Å²) in [5.41, 5.74) is 0.210. The molecule has 174 valence electrons. The minimum absolute atomic E-state index is 0.0915. The van der Waals surface area contributed by atoms with E-state index in [4.69, 9.17) is 14.2 Å². The van der Waals surface area contributed by atoms with Gasteiger partial charge in [-0.05, 0) is 6.92 Å². The average Bonchev–Trinajstić information content (AvgIpc) is 3.19. The lowest BCUT2D eigenvalue weighted by molar-refractivity contribution is -0.123. The fourth-order valence-electron chi connectivity index (χ4n) is 2.66. The fourth-order valence-corrected chi connectivity index (χ4v) is 3.57. The first-order chi connectivity index (χ1) is 15.0. The second-order valence-electron chi connectivity index (χ2n) is 7.92. The molecule has 1 heterocycles. The number of esters is 1. The summed E-state index contributed by atoms with van der Waals surface area (Å²) in [6.45, 7) is 9.02. The van der Waals surface area contributed by atoms with Crippen molar-refractivity contribution >= 4 is 39.9 Å². The molecule has 0 radical (unpaired) electrons. The SMILES string of the molecule is CCN(C(C)=O)c1nc(COC(=O)c2cc(OC)c(OC)cc2NC(=O)C(C)(C)C)cs1. The molecule has 32 heavy (non-hydrogen) atoms. The summed E-state index contributed by atoms with van der Waals surface area (Å²) in [4.78, 5) is 43.0. The lowest BCUT2D eigenvalue weighted by Crippen LogP contribution is -2.28. The highest BCUT2D eigenvalue weighted by Crippen LogP contribution is 2.34. The first kappa shape index (κ1) is 25.1. The van der Waals surface area contributed by atoms with Gasteiger partial charge in [-0.2, -0.15) is 0 Å². The van der Waals surface area contributed by atoms with Crippen molar-refractivity contribution in [2.24, 2.45) is 5.41 Å². The molecule has 0 atom stereocenters. The van der Waals surface area contributed by atoms with Crippen molar-refractivity contribution in [3.05, 3.63) is 28.8 Å². The number of hydrogen-bond acceptors (Lipinski definition) is 8. The second kappa shape index (κ2) is 10.4. The maximum absolute atomic E-state index is 12.9. The van der Waals surface area contributed by atoms with Crippen LogP contribution in [0.15, 0.2) is 17.5 Å². The van der Waals surface area contributed by atoms with Crippen LogP contribution in [0, 0.1) is 5.41 Å². The van der Waals surface area contributed by atoms with Gasteiger partial charge in [0.15, 0.2) is 16.6 Å². The first-order valence-corrected chi connectivity index (χ1v) is 10.9. The van der Waals surface area contributed by atoms with E-state index in [9.17, 15) is 14.4 Å². The van der Waals surface area contributed by atoms with Gasteiger partial charge in [-0.15, -0.1) is 11.3 Å². The molecule has 1 N–H and O–H groups in total. The van der Waals surface area contributed by atoms with Gasteiger partial charge in [-0.3, -0.25) is 14.5 Å². The number of hydrogen-bond donors (Lipinski definition) is 1. The van der Waals surface area contributed by atoms with E-state index in [0.717, 1.165) is 0 Å². The molecule has 2 rings (SSSR count). The van der Waals surface area contributed by atoms with Gasteiger partial charge in [0.25, 0.3) is 0 Å². The van der Waals surface area contributed by atoms with Crippen LogP contribution in [0.25, 0.3) is 0 Å². The Bertz CT molecular complexity index is 996. The number of methoxy groups -OCH3 is 2. The Labute approximate surface area is 191 Å². The molecule has 0 saturated heterocycles. The molecule has 9 nitrogen and oxygen atoms in total. The number of nitrogens with zero attached hydrogens (tertiary/aromatic N) is 2. The highest BCUT2D eigenvalue weighted by atomic mass is 32.1. The predicted octanol–water partition coefficient (Wildman–Crippen LogP) is 3.87. The summed E-state index contributed by atoms with van der Waals surface area (Å²) < 4.78 is 16.0. The van der Waals surface area contributed by atoms with E-state index in [2.05, 4.69) is 10.3 Å². The number of rotatable bonds is 8. The third-order valence-electron chi connectivity index (χ3n) is 4.49. The van der Waals surface area contributed by atoms with Crippen molar-refractivity contribution in [1.29, 1.82) is 0 Å². The molecule has 0 spiro atoms. The summed E-state index contributed by atoms with van der Waals surface area (Å²) in [5, 5.41) is 5.03. The van der Waals surface area contributed by atoms with Gasteiger partial charge < -0.3 is 19.5 Å². The van der Waals surface area contributed by atoms with Gasteiger partial charge in [-0.25, -0.2) is 9.78 Å². The summed E-state index contributed by atoms with van der Waals surface area (Å²) in [5.74, 6) is -0.365. The van der Waals surface area contributed by atoms with E-state index in [0.29, 0.717) is 28.9 Å². The van der Waals surface area contributed by atoms with Crippen LogP contribution < -0.4 is 19.7 Å². The van der Waals surface area contributed by atoms with Crippen molar-refractivity contribution in [2.75, 3.05) is 31.0 Å². The number of anilines is 2. The zero-order valence-electron chi connectivity index (χ0n) is 19.4. The van der Waals surface area contributed by atoms with Crippen LogP contribution in [0.4, 0.5) is 10.8 Å². The normalized spacial score (nSPS) is 11.0. The van der Waals surface area contributed by atoms with E-state index in [1.165, 1.54) is 49.5 Å². The van der Waals surface area contributed by atoms with Crippen molar-refractivity contribution in [1.82, 2.24) is 4.98 Å². The summed E-state index contributed by atoms with van der Waals surface area (Å²) in [6.07, 6.45) is 0. The highest BCUT2D eigenvalue weighted by molar-refractivity contribution is 7.14. The third-order valence-corrected chi connectivity index (χ3v) is 5.40. The zero-order chi connectivity index (χ0) is 24.1. The van der Waals surface area contributed by atoms with Crippen LogP contribution in [-0.4, -0.2) is 43.5 Å². The number of nitrogens with one attached hydrogen (secondary N) is 1. The fraction of sp³-hybridized carbons (Fsp3) is 0.455. The number of benzene rings is 1. The molecule has 0 aliphatic carbocycles.